The zero-order valence-corrected chi connectivity index (χ0v) is 9.48. The Bertz CT molecular complexity index is 476. The number of aryl methyl sites for hydroxylation is 1. The Labute approximate surface area is 102 Å². The van der Waals surface area contributed by atoms with Crippen LogP contribution in [0.25, 0.3) is 10.4 Å². The molecule has 0 fully saturated rings. The molecule has 0 spiro atoms. The van der Waals surface area contributed by atoms with Crippen LogP contribution in [0.4, 0.5) is 0 Å². The maximum Gasteiger partial charge on any atom is 0.354 e. The van der Waals surface area contributed by atoms with Crippen molar-refractivity contribution in [1.29, 1.82) is 0 Å². The number of aromatic carboxylic acids is 1. The van der Waals surface area contributed by atoms with Crippen molar-refractivity contribution in [2.24, 2.45) is 5.11 Å². The fraction of sp³-hybridized carbons (Fsp3) is 0.444. The van der Waals surface area contributed by atoms with E-state index < -0.39 is 5.97 Å². The van der Waals surface area contributed by atoms with E-state index in [0.29, 0.717) is 19.5 Å². The summed E-state index contributed by atoms with van der Waals surface area (Å²) in [7, 11) is 0. The number of azide groups is 1. The second kappa shape index (κ2) is 6.92. The van der Waals surface area contributed by atoms with E-state index in [9.17, 15) is 9.59 Å². The summed E-state index contributed by atoms with van der Waals surface area (Å²) in [5.74, 6) is -1.41. The topological polar surface area (TPSA) is 133 Å². The lowest BCUT2D eigenvalue weighted by Gasteiger charge is -2.05. The van der Waals surface area contributed by atoms with Crippen LogP contribution in [0.1, 0.15) is 16.9 Å². The van der Waals surface area contributed by atoms with Gasteiger partial charge in [0.15, 0.2) is 0 Å². The minimum atomic E-state index is -1.04. The van der Waals surface area contributed by atoms with Crippen LogP contribution in [0.2, 0.25) is 0 Å². The third kappa shape index (κ3) is 4.14. The van der Waals surface area contributed by atoms with Crippen molar-refractivity contribution >= 4 is 11.9 Å². The van der Waals surface area contributed by atoms with Crippen molar-refractivity contribution < 1.29 is 14.7 Å². The first-order valence-corrected chi connectivity index (χ1v) is 5.18. The molecule has 1 rings (SSSR count). The molecule has 1 aromatic heterocycles. The number of amides is 1. The SMILES string of the molecule is [N-]=[N+]=NCC(=O)NCCCn1nccc1C(=O)O. The van der Waals surface area contributed by atoms with Crippen LogP contribution in [0.15, 0.2) is 17.4 Å². The largest absolute Gasteiger partial charge is 0.477 e. The lowest BCUT2D eigenvalue weighted by atomic mass is 10.4. The lowest BCUT2D eigenvalue weighted by Crippen LogP contribution is -2.27. The van der Waals surface area contributed by atoms with Gasteiger partial charge in [0.25, 0.3) is 0 Å². The molecule has 96 valence electrons. The molecule has 0 aromatic carbocycles. The standard InChI is InChI=1S/C9H12N6O3/c10-14-12-6-8(16)11-3-1-5-15-7(9(17)18)2-4-13-15/h2,4H,1,3,5-6H2,(H,11,16)(H,17,18). The van der Waals surface area contributed by atoms with E-state index in [4.69, 9.17) is 10.6 Å². The van der Waals surface area contributed by atoms with Crippen molar-refractivity contribution in [1.82, 2.24) is 15.1 Å². The summed E-state index contributed by atoms with van der Waals surface area (Å²) < 4.78 is 1.35. The van der Waals surface area contributed by atoms with Crippen molar-refractivity contribution in [2.75, 3.05) is 13.1 Å². The molecule has 0 radical (unpaired) electrons. The molecular weight excluding hydrogens is 240 g/mol. The summed E-state index contributed by atoms with van der Waals surface area (Å²) in [6.45, 7) is 0.508. The molecule has 0 aliphatic rings. The third-order valence-electron chi connectivity index (χ3n) is 2.08. The van der Waals surface area contributed by atoms with Crippen molar-refractivity contribution in [3.8, 4) is 0 Å². The van der Waals surface area contributed by atoms with Crippen molar-refractivity contribution in [3.63, 3.8) is 0 Å². The smallest absolute Gasteiger partial charge is 0.354 e. The molecule has 1 heterocycles. The van der Waals surface area contributed by atoms with Crippen molar-refractivity contribution in [2.45, 2.75) is 13.0 Å². The van der Waals surface area contributed by atoms with E-state index in [1.54, 1.807) is 0 Å². The van der Waals surface area contributed by atoms with Crippen LogP contribution in [0.3, 0.4) is 0 Å². The van der Waals surface area contributed by atoms with Gasteiger partial charge in [0.1, 0.15) is 12.2 Å². The Morgan fingerprint density at radius 1 is 1.61 bits per heavy atom. The van der Waals surface area contributed by atoms with Crippen LogP contribution in [-0.2, 0) is 11.3 Å². The fourth-order valence-corrected chi connectivity index (χ4v) is 1.30. The van der Waals surface area contributed by atoms with Crippen LogP contribution < -0.4 is 5.32 Å². The Hall–Kier alpha value is -2.54. The summed E-state index contributed by atoms with van der Waals surface area (Å²) in [6.07, 6.45) is 1.94. The number of hydrogen-bond acceptors (Lipinski definition) is 4. The Morgan fingerprint density at radius 2 is 2.39 bits per heavy atom. The Balaban J connectivity index is 2.29. The lowest BCUT2D eigenvalue weighted by molar-refractivity contribution is -0.119. The highest BCUT2D eigenvalue weighted by Gasteiger charge is 2.09. The van der Waals surface area contributed by atoms with E-state index in [-0.39, 0.29) is 18.1 Å². The van der Waals surface area contributed by atoms with Gasteiger partial charge in [0.2, 0.25) is 5.91 Å². The molecule has 2 N–H and O–H groups in total. The number of nitrogens with one attached hydrogen (secondary N) is 1. The molecule has 18 heavy (non-hydrogen) atoms. The minimum Gasteiger partial charge on any atom is -0.477 e. The highest BCUT2D eigenvalue weighted by atomic mass is 16.4. The quantitative estimate of drug-likeness (QED) is 0.314. The number of nitrogens with zero attached hydrogens (tertiary/aromatic N) is 5. The summed E-state index contributed by atoms with van der Waals surface area (Å²) in [6, 6.07) is 1.41. The third-order valence-corrected chi connectivity index (χ3v) is 2.08. The number of carboxylic acid groups (broad SMARTS) is 1. The van der Waals surface area contributed by atoms with Gasteiger partial charge >= 0.3 is 5.97 Å². The summed E-state index contributed by atoms with van der Waals surface area (Å²) in [5.41, 5.74) is 8.11. The normalized spacial score (nSPS) is 9.56. The first kappa shape index (κ1) is 13.5. The molecule has 0 atom stereocenters. The van der Waals surface area contributed by atoms with E-state index in [1.807, 2.05) is 0 Å². The average Bonchev–Trinajstić information content (AvgIpc) is 2.80. The molecule has 1 amide bonds. The minimum absolute atomic E-state index is 0.107. The number of hydrogen-bond donors (Lipinski definition) is 2. The Kier molecular flexibility index (Phi) is 5.20. The molecule has 0 aliphatic heterocycles. The van der Waals surface area contributed by atoms with Gasteiger partial charge in [-0.25, -0.2) is 4.79 Å². The summed E-state index contributed by atoms with van der Waals surface area (Å²) in [5, 5.41) is 18.3. The van der Waals surface area contributed by atoms with Gasteiger partial charge in [-0.1, -0.05) is 5.11 Å². The first-order valence-electron chi connectivity index (χ1n) is 5.18. The van der Waals surface area contributed by atoms with Gasteiger partial charge < -0.3 is 10.4 Å². The van der Waals surface area contributed by atoms with E-state index in [1.165, 1.54) is 16.9 Å². The van der Waals surface area contributed by atoms with Gasteiger partial charge in [-0.3, -0.25) is 9.48 Å². The summed E-state index contributed by atoms with van der Waals surface area (Å²) >= 11 is 0. The molecule has 0 saturated heterocycles. The van der Waals surface area contributed by atoms with Gasteiger partial charge in [-0.2, -0.15) is 5.10 Å². The maximum atomic E-state index is 11.0. The monoisotopic (exact) mass is 252 g/mol. The van der Waals surface area contributed by atoms with Gasteiger partial charge in [-0.15, -0.1) is 0 Å². The number of rotatable bonds is 7. The predicted octanol–water partition coefficient (Wildman–Crippen LogP) is 0.398. The maximum absolute atomic E-state index is 11.0. The molecule has 0 unspecified atom stereocenters. The second-order valence-electron chi connectivity index (χ2n) is 3.34. The number of carbonyl (C=O) groups is 2. The second-order valence-corrected chi connectivity index (χ2v) is 3.34. The number of aromatic nitrogens is 2. The Morgan fingerprint density at radius 3 is 3.06 bits per heavy atom. The van der Waals surface area contributed by atoms with Gasteiger partial charge in [-0.05, 0) is 18.0 Å². The number of carbonyl (C=O) groups excluding carboxylic acids is 1. The van der Waals surface area contributed by atoms with E-state index in [2.05, 4.69) is 20.4 Å². The number of carboxylic acids is 1. The highest BCUT2D eigenvalue weighted by Crippen LogP contribution is 1.99. The van der Waals surface area contributed by atoms with Crippen LogP contribution in [0, 0.1) is 0 Å². The molecule has 0 saturated carbocycles. The predicted molar refractivity (Wildman–Crippen MR) is 60.8 cm³/mol. The molecular formula is C9H12N6O3. The van der Waals surface area contributed by atoms with Crippen molar-refractivity contribution in [3.05, 3.63) is 28.4 Å². The first-order chi connectivity index (χ1) is 8.65. The zero-order valence-electron chi connectivity index (χ0n) is 9.48. The van der Waals surface area contributed by atoms with Gasteiger partial charge in [0.05, 0.1) is 0 Å². The fourth-order valence-electron chi connectivity index (χ4n) is 1.30. The van der Waals surface area contributed by atoms with Crippen LogP contribution >= 0.6 is 0 Å². The van der Waals surface area contributed by atoms with E-state index >= 15 is 0 Å². The average molecular weight is 252 g/mol. The van der Waals surface area contributed by atoms with Gasteiger partial charge in [0, 0.05) is 24.2 Å². The molecule has 0 aliphatic carbocycles. The molecule has 1 aromatic rings. The van der Waals surface area contributed by atoms with Crippen LogP contribution in [0.5, 0.6) is 0 Å². The highest BCUT2D eigenvalue weighted by molar-refractivity contribution is 5.85. The molecule has 9 heteroatoms. The molecule has 9 nitrogen and oxygen atoms in total. The van der Waals surface area contributed by atoms with E-state index in [0.717, 1.165) is 0 Å². The molecule has 0 bridgehead atoms. The summed E-state index contributed by atoms with van der Waals surface area (Å²) in [4.78, 5) is 24.3. The van der Waals surface area contributed by atoms with Crippen LogP contribution in [-0.4, -0.2) is 39.9 Å². The zero-order chi connectivity index (χ0) is 13.4.